The zero-order valence-corrected chi connectivity index (χ0v) is 12.4. The molecular weight excluding hydrogens is 220 g/mol. The van der Waals surface area contributed by atoms with Gasteiger partial charge in [0, 0.05) is 0 Å². The van der Waals surface area contributed by atoms with E-state index in [1.165, 1.54) is 25.7 Å². The molecule has 1 nitrogen and oxygen atoms in total. The average molecular weight is 248 g/mol. The minimum absolute atomic E-state index is 0.559. The molecule has 0 saturated heterocycles. The predicted octanol–water partition coefficient (Wildman–Crippen LogP) is 5.31. The molecule has 1 fully saturated rings. The summed E-state index contributed by atoms with van der Waals surface area (Å²) in [5, 5.41) is 0. The van der Waals surface area contributed by atoms with E-state index in [1.807, 2.05) is 44.2 Å². The zero-order valence-electron chi connectivity index (χ0n) is 12.4. The van der Waals surface area contributed by atoms with Crippen molar-refractivity contribution in [3.63, 3.8) is 0 Å². The first-order valence-electron chi connectivity index (χ1n) is 7.34. The molecule has 0 aliphatic heterocycles. The van der Waals surface area contributed by atoms with Gasteiger partial charge in [-0.1, -0.05) is 45.9 Å². The summed E-state index contributed by atoms with van der Waals surface area (Å²) in [5.41, 5.74) is 0.559. The first kappa shape index (κ1) is 15.1. The van der Waals surface area contributed by atoms with Crippen molar-refractivity contribution < 1.29 is 4.74 Å². The SMILES string of the molecule is CC.CC1(C)CCC(COc2ccccc2)CC1. The fourth-order valence-electron chi connectivity index (χ4n) is 2.36. The van der Waals surface area contributed by atoms with Crippen molar-refractivity contribution in [2.45, 2.75) is 53.4 Å². The summed E-state index contributed by atoms with van der Waals surface area (Å²) >= 11 is 0. The Bertz CT molecular complexity index is 306. The monoisotopic (exact) mass is 248 g/mol. The predicted molar refractivity (Wildman–Crippen MR) is 79.0 cm³/mol. The first-order valence-corrected chi connectivity index (χ1v) is 7.34. The molecule has 0 heterocycles. The molecule has 18 heavy (non-hydrogen) atoms. The maximum absolute atomic E-state index is 5.81. The fraction of sp³-hybridized carbons (Fsp3) is 0.647. The van der Waals surface area contributed by atoms with Gasteiger partial charge in [0.2, 0.25) is 0 Å². The Labute approximate surface area is 113 Å². The minimum Gasteiger partial charge on any atom is -0.493 e. The van der Waals surface area contributed by atoms with Crippen LogP contribution in [0.15, 0.2) is 30.3 Å². The number of ether oxygens (including phenoxy) is 1. The van der Waals surface area contributed by atoms with Crippen LogP contribution in [0.1, 0.15) is 53.4 Å². The second-order valence-corrected chi connectivity index (χ2v) is 5.73. The molecule has 0 aromatic heterocycles. The van der Waals surface area contributed by atoms with Crippen LogP contribution in [0.3, 0.4) is 0 Å². The van der Waals surface area contributed by atoms with E-state index >= 15 is 0 Å². The molecule has 102 valence electrons. The highest BCUT2D eigenvalue weighted by atomic mass is 16.5. The Hall–Kier alpha value is -0.980. The summed E-state index contributed by atoms with van der Waals surface area (Å²) in [7, 11) is 0. The largest absolute Gasteiger partial charge is 0.493 e. The molecule has 1 saturated carbocycles. The number of hydrogen-bond acceptors (Lipinski definition) is 1. The molecule has 0 spiro atoms. The molecule has 0 N–H and O–H groups in total. The Morgan fingerprint density at radius 1 is 1.06 bits per heavy atom. The van der Waals surface area contributed by atoms with Gasteiger partial charge in [-0.3, -0.25) is 0 Å². The molecule has 1 aliphatic rings. The van der Waals surface area contributed by atoms with Crippen molar-refractivity contribution in [3.8, 4) is 5.75 Å². The second kappa shape index (κ2) is 7.45. The van der Waals surface area contributed by atoms with Gasteiger partial charge in [-0.2, -0.15) is 0 Å². The lowest BCUT2D eigenvalue weighted by Gasteiger charge is -2.34. The molecule has 1 aliphatic carbocycles. The third kappa shape index (κ3) is 5.12. The average Bonchev–Trinajstić information content (AvgIpc) is 2.41. The van der Waals surface area contributed by atoms with Gasteiger partial charge in [-0.25, -0.2) is 0 Å². The van der Waals surface area contributed by atoms with E-state index in [0.29, 0.717) is 5.41 Å². The normalized spacial score (nSPS) is 18.7. The van der Waals surface area contributed by atoms with Crippen molar-refractivity contribution in [2.24, 2.45) is 11.3 Å². The maximum atomic E-state index is 5.81. The van der Waals surface area contributed by atoms with Crippen molar-refractivity contribution in [1.29, 1.82) is 0 Å². The van der Waals surface area contributed by atoms with E-state index in [-0.39, 0.29) is 0 Å². The van der Waals surface area contributed by atoms with Crippen molar-refractivity contribution in [3.05, 3.63) is 30.3 Å². The van der Waals surface area contributed by atoms with Crippen LogP contribution >= 0.6 is 0 Å². The molecule has 1 aromatic carbocycles. The smallest absolute Gasteiger partial charge is 0.119 e. The highest BCUT2D eigenvalue weighted by Gasteiger charge is 2.26. The van der Waals surface area contributed by atoms with Gasteiger partial charge in [0.15, 0.2) is 0 Å². The highest BCUT2D eigenvalue weighted by Crippen LogP contribution is 2.38. The molecule has 0 unspecified atom stereocenters. The van der Waals surface area contributed by atoms with Crippen LogP contribution in [0.5, 0.6) is 5.75 Å². The maximum Gasteiger partial charge on any atom is 0.119 e. The summed E-state index contributed by atoms with van der Waals surface area (Å²) in [5.74, 6) is 1.76. The molecule has 1 heteroatoms. The Balaban J connectivity index is 0.000000771. The lowest BCUT2D eigenvalue weighted by molar-refractivity contribution is 0.142. The molecule has 0 amide bonds. The lowest BCUT2D eigenvalue weighted by atomic mass is 9.73. The molecular formula is C17H28O. The molecule has 0 atom stereocenters. The van der Waals surface area contributed by atoms with Crippen LogP contribution in [-0.4, -0.2) is 6.61 Å². The van der Waals surface area contributed by atoms with E-state index in [9.17, 15) is 0 Å². The van der Waals surface area contributed by atoms with Gasteiger partial charge in [0.05, 0.1) is 6.61 Å². The van der Waals surface area contributed by atoms with Crippen LogP contribution < -0.4 is 4.74 Å². The topological polar surface area (TPSA) is 9.23 Å². The van der Waals surface area contributed by atoms with Crippen LogP contribution in [0.4, 0.5) is 0 Å². The third-order valence-electron chi connectivity index (χ3n) is 3.69. The van der Waals surface area contributed by atoms with Crippen molar-refractivity contribution in [1.82, 2.24) is 0 Å². The Morgan fingerprint density at radius 3 is 2.17 bits per heavy atom. The van der Waals surface area contributed by atoms with Gasteiger partial charge in [-0.05, 0) is 49.1 Å². The summed E-state index contributed by atoms with van der Waals surface area (Å²) in [6.07, 6.45) is 5.32. The molecule has 2 rings (SSSR count). The van der Waals surface area contributed by atoms with Gasteiger partial charge in [0.1, 0.15) is 5.75 Å². The van der Waals surface area contributed by atoms with E-state index in [1.54, 1.807) is 0 Å². The minimum atomic E-state index is 0.559. The number of benzene rings is 1. The van der Waals surface area contributed by atoms with E-state index < -0.39 is 0 Å². The summed E-state index contributed by atoms with van der Waals surface area (Å²) < 4.78 is 5.81. The van der Waals surface area contributed by atoms with Gasteiger partial charge in [0.25, 0.3) is 0 Å². The van der Waals surface area contributed by atoms with Crippen LogP contribution in [0.2, 0.25) is 0 Å². The highest BCUT2D eigenvalue weighted by molar-refractivity contribution is 5.20. The van der Waals surface area contributed by atoms with E-state index in [0.717, 1.165) is 18.3 Å². The number of para-hydroxylation sites is 1. The zero-order chi connectivity index (χ0) is 13.4. The van der Waals surface area contributed by atoms with E-state index in [2.05, 4.69) is 13.8 Å². The standard InChI is InChI=1S/C15H22O.C2H6/c1-15(2)10-8-13(9-11-15)12-16-14-6-4-3-5-7-14;1-2/h3-7,13H,8-12H2,1-2H3;1-2H3. The van der Waals surface area contributed by atoms with Crippen LogP contribution in [0, 0.1) is 11.3 Å². The van der Waals surface area contributed by atoms with Crippen LogP contribution in [0.25, 0.3) is 0 Å². The van der Waals surface area contributed by atoms with Gasteiger partial charge in [-0.15, -0.1) is 0 Å². The fourth-order valence-corrected chi connectivity index (χ4v) is 2.36. The molecule has 1 aromatic rings. The number of hydrogen-bond donors (Lipinski definition) is 0. The first-order chi connectivity index (χ1) is 8.66. The Kier molecular flexibility index (Phi) is 6.24. The molecule has 0 radical (unpaired) electrons. The van der Waals surface area contributed by atoms with Gasteiger partial charge < -0.3 is 4.74 Å². The van der Waals surface area contributed by atoms with Crippen molar-refractivity contribution in [2.75, 3.05) is 6.61 Å². The van der Waals surface area contributed by atoms with Crippen LogP contribution in [-0.2, 0) is 0 Å². The summed E-state index contributed by atoms with van der Waals surface area (Å²) in [6.45, 7) is 9.64. The van der Waals surface area contributed by atoms with Crippen molar-refractivity contribution >= 4 is 0 Å². The van der Waals surface area contributed by atoms with E-state index in [4.69, 9.17) is 4.74 Å². The number of rotatable bonds is 3. The second-order valence-electron chi connectivity index (χ2n) is 5.73. The third-order valence-corrected chi connectivity index (χ3v) is 3.69. The Morgan fingerprint density at radius 2 is 1.61 bits per heavy atom. The summed E-state index contributed by atoms with van der Waals surface area (Å²) in [6, 6.07) is 10.1. The van der Waals surface area contributed by atoms with Gasteiger partial charge >= 0.3 is 0 Å². The summed E-state index contributed by atoms with van der Waals surface area (Å²) in [4.78, 5) is 0. The quantitative estimate of drug-likeness (QED) is 0.704. The molecule has 0 bridgehead atoms. The lowest BCUT2D eigenvalue weighted by Crippen LogP contribution is -2.24.